The number of Topliss-reactive ketones (excluding diaryl/α,β-unsaturated/α-hetero) is 1. The van der Waals surface area contributed by atoms with Crippen molar-refractivity contribution in [3.8, 4) is 0 Å². The molecule has 0 radical (unpaired) electrons. The molecule has 7 heteroatoms. The second kappa shape index (κ2) is 7.68. The van der Waals surface area contributed by atoms with Crippen LogP contribution in [0.25, 0.3) is 0 Å². The fourth-order valence-electron chi connectivity index (χ4n) is 2.23. The van der Waals surface area contributed by atoms with E-state index in [2.05, 4.69) is 0 Å². The third-order valence-corrected chi connectivity index (χ3v) is 2.94. The summed E-state index contributed by atoms with van der Waals surface area (Å²) in [6.45, 7) is 0.466. The van der Waals surface area contributed by atoms with Gasteiger partial charge in [-0.05, 0) is 19.4 Å². The minimum Gasteiger partial charge on any atom is -0.550 e. The summed E-state index contributed by atoms with van der Waals surface area (Å²) < 4.78 is 0.241. The van der Waals surface area contributed by atoms with Crippen molar-refractivity contribution in [2.75, 3.05) is 34.2 Å². The molecule has 20 heavy (non-hydrogen) atoms. The highest BCUT2D eigenvalue weighted by atomic mass is 16.4. The van der Waals surface area contributed by atoms with E-state index in [1.807, 2.05) is 0 Å². The summed E-state index contributed by atoms with van der Waals surface area (Å²) in [6.07, 6.45) is 1.03. The fourth-order valence-corrected chi connectivity index (χ4v) is 2.23. The molecule has 0 aromatic heterocycles. The van der Waals surface area contributed by atoms with Gasteiger partial charge in [-0.25, -0.2) is 0 Å². The molecule has 0 heterocycles. The second-order valence-electron chi connectivity index (χ2n) is 6.28. The monoisotopic (exact) mass is 289 g/mol. The molecule has 0 fully saturated rings. The largest absolute Gasteiger partial charge is 0.550 e. The molecule has 1 unspecified atom stereocenters. The predicted molar refractivity (Wildman–Crippen MR) is 73.4 cm³/mol. The number of nitrogens with zero attached hydrogens (tertiary/aromatic N) is 1. The van der Waals surface area contributed by atoms with Crippen molar-refractivity contribution in [3.63, 3.8) is 0 Å². The summed E-state index contributed by atoms with van der Waals surface area (Å²) in [7, 11) is 5.27. The quantitative estimate of drug-likeness (QED) is 0.303. The van der Waals surface area contributed by atoms with Gasteiger partial charge in [0.25, 0.3) is 0 Å². The van der Waals surface area contributed by atoms with Gasteiger partial charge in [0.2, 0.25) is 0 Å². The van der Waals surface area contributed by atoms with E-state index in [4.69, 9.17) is 11.5 Å². The van der Waals surface area contributed by atoms with Gasteiger partial charge >= 0.3 is 0 Å². The van der Waals surface area contributed by atoms with Crippen LogP contribution in [0.4, 0.5) is 0 Å². The van der Waals surface area contributed by atoms with Crippen molar-refractivity contribution in [1.29, 1.82) is 0 Å². The van der Waals surface area contributed by atoms with Gasteiger partial charge in [0.15, 0.2) is 11.4 Å². The minimum absolute atomic E-state index is 0.0373. The number of aliphatic carboxylic acids is 1. The molecule has 7 nitrogen and oxygen atoms in total. The molecule has 118 valence electrons. The topological polar surface area (TPSA) is 129 Å². The Morgan fingerprint density at radius 3 is 2.25 bits per heavy atom. The number of quaternary nitrogens is 1. The van der Waals surface area contributed by atoms with Gasteiger partial charge in [-0.3, -0.25) is 4.79 Å². The number of carbonyl (C=O) groups excluding carboxylic acids is 2. The van der Waals surface area contributed by atoms with Gasteiger partial charge < -0.3 is 31.0 Å². The lowest BCUT2D eigenvalue weighted by Crippen LogP contribution is -2.59. The van der Waals surface area contributed by atoms with E-state index in [0.717, 1.165) is 6.42 Å². The number of aliphatic hydroxyl groups is 1. The van der Waals surface area contributed by atoms with E-state index in [0.29, 0.717) is 19.4 Å². The summed E-state index contributed by atoms with van der Waals surface area (Å²) in [5.41, 5.74) is 9.13. The Labute approximate surface area is 120 Å². The molecule has 0 amide bonds. The first-order chi connectivity index (χ1) is 9.02. The van der Waals surface area contributed by atoms with Crippen LogP contribution in [0.3, 0.4) is 0 Å². The highest BCUT2D eigenvalue weighted by Crippen LogP contribution is 2.18. The maximum atomic E-state index is 12.3. The van der Waals surface area contributed by atoms with Crippen molar-refractivity contribution in [2.45, 2.75) is 37.3 Å². The number of nitrogens with two attached hydrogens (primary N) is 2. The zero-order valence-corrected chi connectivity index (χ0v) is 12.6. The number of carbonyl (C=O) groups is 2. The maximum Gasteiger partial charge on any atom is 0.187 e. The molecule has 0 aliphatic carbocycles. The van der Waals surface area contributed by atoms with E-state index in [-0.39, 0.29) is 11.0 Å². The highest BCUT2D eigenvalue weighted by Gasteiger charge is 2.43. The minimum atomic E-state index is -2.00. The molecule has 0 aliphatic rings. The Morgan fingerprint density at radius 2 is 1.85 bits per heavy atom. The first kappa shape index (κ1) is 19.0. The van der Waals surface area contributed by atoms with Gasteiger partial charge in [-0.2, -0.15) is 0 Å². The average Bonchev–Trinajstić information content (AvgIpc) is 2.24. The summed E-state index contributed by atoms with van der Waals surface area (Å²) in [6, 6.07) is -0.891. The van der Waals surface area contributed by atoms with Gasteiger partial charge in [0.05, 0.1) is 27.2 Å². The van der Waals surface area contributed by atoms with Gasteiger partial charge in [0.1, 0.15) is 6.54 Å². The molecule has 0 bridgehead atoms. The van der Waals surface area contributed by atoms with Crippen molar-refractivity contribution >= 4 is 11.8 Å². The standard InChI is InChI=1S/C13H27N3O4/c1-16(2,3)9-13(20,8-11(17)18)12(19)10(15)6-4-5-7-14/h10,20H,4-9,14-15H2,1-3H3/t10-,13?/m0/s1. The Hall–Kier alpha value is -1.02. The molecule has 0 aromatic carbocycles. The van der Waals surface area contributed by atoms with E-state index >= 15 is 0 Å². The van der Waals surface area contributed by atoms with E-state index < -0.39 is 29.8 Å². The first-order valence-corrected chi connectivity index (χ1v) is 6.74. The Kier molecular flexibility index (Phi) is 7.29. The molecule has 0 rings (SSSR count). The van der Waals surface area contributed by atoms with Gasteiger partial charge in [0, 0.05) is 12.4 Å². The molecule has 0 aromatic rings. The van der Waals surface area contributed by atoms with Crippen molar-refractivity contribution in [2.24, 2.45) is 11.5 Å². The normalized spacial score (nSPS) is 16.5. The number of unbranched alkanes of at least 4 members (excludes halogenated alkanes) is 1. The van der Waals surface area contributed by atoms with Crippen molar-refractivity contribution in [3.05, 3.63) is 0 Å². The van der Waals surface area contributed by atoms with Crippen LogP contribution in [0.2, 0.25) is 0 Å². The lowest BCUT2D eigenvalue weighted by molar-refractivity contribution is -0.875. The molecule has 0 spiro atoms. The Bertz CT molecular complexity index is 341. The highest BCUT2D eigenvalue weighted by molar-refractivity contribution is 5.94. The van der Waals surface area contributed by atoms with Crippen LogP contribution in [0, 0.1) is 0 Å². The number of carboxylic acids is 1. The second-order valence-corrected chi connectivity index (χ2v) is 6.28. The van der Waals surface area contributed by atoms with Crippen LogP contribution in [-0.4, -0.2) is 67.2 Å². The molecular weight excluding hydrogens is 262 g/mol. The third kappa shape index (κ3) is 6.95. The number of rotatable bonds is 10. The number of hydrogen-bond acceptors (Lipinski definition) is 6. The van der Waals surface area contributed by atoms with Gasteiger partial charge in [-0.15, -0.1) is 0 Å². The van der Waals surface area contributed by atoms with Crippen molar-refractivity contribution < 1.29 is 24.3 Å². The summed E-state index contributed by atoms with van der Waals surface area (Å²) >= 11 is 0. The summed E-state index contributed by atoms with van der Waals surface area (Å²) in [5, 5.41) is 21.2. The Balaban J connectivity index is 4.92. The van der Waals surface area contributed by atoms with Gasteiger partial charge in [-0.1, -0.05) is 6.42 Å². The molecule has 2 atom stereocenters. The molecule has 0 saturated heterocycles. The lowest BCUT2D eigenvalue weighted by Gasteiger charge is -2.36. The first-order valence-electron chi connectivity index (χ1n) is 6.74. The van der Waals surface area contributed by atoms with E-state index in [1.165, 1.54) is 0 Å². The fraction of sp³-hybridized carbons (Fsp3) is 0.846. The Morgan fingerprint density at radius 1 is 1.30 bits per heavy atom. The third-order valence-electron chi connectivity index (χ3n) is 2.94. The molecule has 0 saturated carbocycles. The predicted octanol–water partition coefficient (Wildman–Crippen LogP) is -2.41. The smallest absolute Gasteiger partial charge is 0.187 e. The summed E-state index contributed by atoms with van der Waals surface area (Å²) in [4.78, 5) is 23.1. The van der Waals surface area contributed by atoms with Crippen molar-refractivity contribution in [1.82, 2.24) is 0 Å². The SMILES string of the molecule is C[N+](C)(C)CC(O)(CC(=O)[O-])C(=O)[C@@H](N)CCCCN. The number of hydrogen-bond donors (Lipinski definition) is 3. The van der Waals surface area contributed by atoms with Crippen LogP contribution in [0.5, 0.6) is 0 Å². The van der Waals surface area contributed by atoms with E-state index in [1.54, 1.807) is 21.1 Å². The van der Waals surface area contributed by atoms with Crippen LogP contribution in [0.1, 0.15) is 25.7 Å². The zero-order valence-electron chi connectivity index (χ0n) is 12.6. The number of carboxylic acid groups (broad SMARTS) is 1. The molecular formula is C13H27N3O4. The molecule has 5 N–H and O–H groups in total. The van der Waals surface area contributed by atoms with Crippen LogP contribution in [-0.2, 0) is 9.59 Å². The molecule has 0 aliphatic heterocycles. The lowest BCUT2D eigenvalue weighted by atomic mass is 9.87. The van der Waals surface area contributed by atoms with Crippen LogP contribution < -0.4 is 16.6 Å². The number of ketones is 1. The average molecular weight is 289 g/mol. The zero-order chi connectivity index (χ0) is 16.0. The van der Waals surface area contributed by atoms with Crippen LogP contribution >= 0.6 is 0 Å². The van der Waals surface area contributed by atoms with E-state index in [9.17, 15) is 19.8 Å². The number of likely N-dealkylation sites (N-methyl/N-ethyl adjacent to an activating group) is 1. The summed E-state index contributed by atoms with van der Waals surface area (Å²) in [5.74, 6) is -2.12. The maximum absolute atomic E-state index is 12.3. The van der Waals surface area contributed by atoms with Crippen LogP contribution in [0.15, 0.2) is 0 Å².